The SMILES string of the molecule is CC(C)(C)CCOC(=O)C(C)(N)CC1CN(CCC(C)(C)C)CCO1. The molecule has 0 bridgehead atoms. The van der Waals surface area contributed by atoms with Crippen LogP contribution in [0.1, 0.15) is 67.7 Å². The predicted octanol–water partition coefficient (Wildman–Crippen LogP) is 3.21. The number of hydrogen-bond donors (Lipinski definition) is 1. The van der Waals surface area contributed by atoms with Crippen molar-refractivity contribution >= 4 is 5.97 Å². The standard InChI is InChI=1S/C20H40N2O3/c1-18(2,3)8-10-22-11-13-24-16(15-22)14-20(7,21)17(23)25-12-9-19(4,5)6/h16H,8-15,21H2,1-7H3. The summed E-state index contributed by atoms with van der Waals surface area (Å²) in [5.74, 6) is -0.327. The maximum Gasteiger partial charge on any atom is 0.325 e. The largest absolute Gasteiger partial charge is 0.464 e. The summed E-state index contributed by atoms with van der Waals surface area (Å²) < 4.78 is 11.3. The molecule has 1 heterocycles. The van der Waals surface area contributed by atoms with Gasteiger partial charge in [-0.1, -0.05) is 41.5 Å². The number of morpholine rings is 1. The van der Waals surface area contributed by atoms with Gasteiger partial charge in [-0.15, -0.1) is 0 Å². The van der Waals surface area contributed by atoms with E-state index >= 15 is 0 Å². The Bertz CT molecular complexity index is 422. The van der Waals surface area contributed by atoms with Gasteiger partial charge in [-0.2, -0.15) is 0 Å². The average Bonchev–Trinajstić information content (AvgIpc) is 2.43. The molecule has 0 aromatic carbocycles. The number of nitrogens with zero attached hydrogens (tertiary/aromatic N) is 1. The van der Waals surface area contributed by atoms with E-state index in [-0.39, 0.29) is 17.5 Å². The van der Waals surface area contributed by atoms with Gasteiger partial charge in [-0.3, -0.25) is 9.69 Å². The number of rotatable bonds is 7. The van der Waals surface area contributed by atoms with E-state index in [0.717, 1.165) is 32.5 Å². The maximum absolute atomic E-state index is 12.3. The fourth-order valence-electron chi connectivity index (χ4n) is 2.77. The maximum atomic E-state index is 12.3. The van der Waals surface area contributed by atoms with E-state index in [4.69, 9.17) is 15.2 Å². The number of esters is 1. The van der Waals surface area contributed by atoms with Gasteiger partial charge in [0, 0.05) is 19.5 Å². The van der Waals surface area contributed by atoms with Gasteiger partial charge < -0.3 is 15.2 Å². The van der Waals surface area contributed by atoms with Gasteiger partial charge in [-0.05, 0) is 37.1 Å². The van der Waals surface area contributed by atoms with Gasteiger partial charge in [0.15, 0.2) is 0 Å². The van der Waals surface area contributed by atoms with Crippen molar-refractivity contribution in [3.63, 3.8) is 0 Å². The van der Waals surface area contributed by atoms with Crippen molar-refractivity contribution in [2.24, 2.45) is 16.6 Å². The Balaban J connectivity index is 2.45. The van der Waals surface area contributed by atoms with E-state index in [9.17, 15) is 4.79 Å². The molecule has 148 valence electrons. The molecule has 1 rings (SSSR count). The third kappa shape index (κ3) is 9.57. The highest BCUT2D eigenvalue weighted by Crippen LogP contribution is 2.23. The molecule has 2 atom stereocenters. The summed E-state index contributed by atoms with van der Waals surface area (Å²) in [6.07, 6.45) is 2.45. The number of nitrogens with two attached hydrogens (primary N) is 1. The molecule has 1 fully saturated rings. The van der Waals surface area contributed by atoms with Crippen LogP contribution in [0.3, 0.4) is 0 Å². The van der Waals surface area contributed by atoms with Crippen LogP contribution in [-0.4, -0.2) is 55.4 Å². The number of ether oxygens (including phenoxy) is 2. The van der Waals surface area contributed by atoms with Crippen molar-refractivity contribution < 1.29 is 14.3 Å². The van der Waals surface area contributed by atoms with Crippen LogP contribution in [0.15, 0.2) is 0 Å². The van der Waals surface area contributed by atoms with Crippen LogP contribution in [0.25, 0.3) is 0 Å². The Morgan fingerprint density at radius 1 is 1.12 bits per heavy atom. The highest BCUT2D eigenvalue weighted by molar-refractivity contribution is 5.80. The molecule has 5 nitrogen and oxygen atoms in total. The van der Waals surface area contributed by atoms with Gasteiger partial charge in [0.1, 0.15) is 5.54 Å². The van der Waals surface area contributed by atoms with Crippen LogP contribution in [-0.2, 0) is 14.3 Å². The first-order valence-electron chi connectivity index (χ1n) is 9.59. The smallest absolute Gasteiger partial charge is 0.325 e. The van der Waals surface area contributed by atoms with Gasteiger partial charge in [-0.25, -0.2) is 0 Å². The van der Waals surface area contributed by atoms with Gasteiger partial charge >= 0.3 is 5.97 Å². The second-order valence-electron chi connectivity index (χ2n) is 10.2. The van der Waals surface area contributed by atoms with Crippen molar-refractivity contribution in [2.75, 3.05) is 32.8 Å². The summed E-state index contributed by atoms with van der Waals surface area (Å²) in [6, 6.07) is 0. The van der Waals surface area contributed by atoms with Crippen molar-refractivity contribution in [3.8, 4) is 0 Å². The summed E-state index contributed by atoms with van der Waals surface area (Å²) >= 11 is 0. The summed E-state index contributed by atoms with van der Waals surface area (Å²) in [5.41, 5.74) is 5.72. The van der Waals surface area contributed by atoms with Crippen molar-refractivity contribution in [1.29, 1.82) is 0 Å². The average molecular weight is 357 g/mol. The van der Waals surface area contributed by atoms with Crippen LogP contribution in [0.4, 0.5) is 0 Å². The van der Waals surface area contributed by atoms with Gasteiger partial charge in [0.25, 0.3) is 0 Å². The first-order valence-corrected chi connectivity index (χ1v) is 9.59. The highest BCUT2D eigenvalue weighted by Gasteiger charge is 2.35. The second kappa shape index (κ2) is 8.83. The zero-order valence-corrected chi connectivity index (χ0v) is 17.5. The van der Waals surface area contributed by atoms with Gasteiger partial charge in [0.05, 0.1) is 19.3 Å². The number of carbonyl (C=O) groups excluding carboxylic acids is 1. The Hall–Kier alpha value is -0.650. The Morgan fingerprint density at radius 3 is 2.28 bits per heavy atom. The quantitative estimate of drug-likeness (QED) is 0.710. The molecule has 0 aromatic rings. The van der Waals surface area contributed by atoms with Crippen LogP contribution >= 0.6 is 0 Å². The number of carbonyl (C=O) groups is 1. The zero-order chi connectivity index (χ0) is 19.3. The Kier molecular flexibility index (Phi) is 7.91. The molecular formula is C20H40N2O3. The molecule has 1 saturated heterocycles. The summed E-state index contributed by atoms with van der Waals surface area (Å²) in [7, 11) is 0. The molecule has 0 spiro atoms. The fourth-order valence-corrected chi connectivity index (χ4v) is 2.77. The monoisotopic (exact) mass is 356 g/mol. The molecule has 0 aliphatic carbocycles. The lowest BCUT2D eigenvalue weighted by Gasteiger charge is -2.37. The minimum atomic E-state index is -1.00. The number of hydrogen-bond acceptors (Lipinski definition) is 5. The molecule has 0 radical (unpaired) electrons. The van der Waals surface area contributed by atoms with E-state index in [1.165, 1.54) is 0 Å². The molecule has 1 aliphatic rings. The van der Waals surface area contributed by atoms with E-state index in [1.54, 1.807) is 6.92 Å². The highest BCUT2D eigenvalue weighted by atomic mass is 16.5. The third-order valence-electron chi connectivity index (χ3n) is 4.60. The Labute approximate surface area is 154 Å². The van der Waals surface area contributed by atoms with Crippen LogP contribution < -0.4 is 5.73 Å². The van der Waals surface area contributed by atoms with E-state index in [2.05, 4.69) is 46.4 Å². The van der Waals surface area contributed by atoms with Crippen molar-refractivity contribution in [2.45, 2.75) is 79.4 Å². The van der Waals surface area contributed by atoms with Crippen LogP contribution in [0.5, 0.6) is 0 Å². The Morgan fingerprint density at radius 2 is 1.72 bits per heavy atom. The molecule has 0 aromatic heterocycles. The first-order chi connectivity index (χ1) is 11.3. The lowest BCUT2D eigenvalue weighted by Crippen LogP contribution is -2.53. The summed E-state index contributed by atoms with van der Waals surface area (Å²) in [6.45, 7) is 18.9. The molecule has 5 heteroatoms. The van der Waals surface area contributed by atoms with E-state index in [1.807, 2.05) is 0 Å². The van der Waals surface area contributed by atoms with Crippen molar-refractivity contribution in [1.82, 2.24) is 4.90 Å². The molecule has 2 unspecified atom stereocenters. The molecule has 25 heavy (non-hydrogen) atoms. The van der Waals surface area contributed by atoms with Crippen LogP contribution in [0.2, 0.25) is 0 Å². The molecule has 0 saturated carbocycles. The minimum absolute atomic E-state index is 0.0149. The van der Waals surface area contributed by atoms with Crippen molar-refractivity contribution in [3.05, 3.63) is 0 Å². The van der Waals surface area contributed by atoms with E-state index < -0.39 is 5.54 Å². The summed E-state index contributed by atoms with van der Waals surface area (Å²) in [4.78, 5) is 14.8. The minimum Gasteiger partial charge on any atom is -0.464 e. The zero-order valence-electron chi connectivity index (χ0n) is 17.5. The fraction of sp³-hybridized carbons (Fsp3) is 0.950. The third-order valence-corrected chi connectivity index (χ3v) is 4.60. The first kappa shape index (κ1) is 22.4. The molecular weight excluding hydrogens is 316 g/mol. The predicted molar refractivity (Wildman–Crippen MR) is 102 cm³/mol. The van der Waals surface area contributed by atoms with E-state index in [0.29, 0.717) is 25.0 Å². The molecule has 0 amide bonds. The lowest BCUT2D eigenvalue weighted by molar-refractivity contribution is -0.152. The van der Waals surface area contributed by atoms with Crippen LogP contribution in [0, 0.1) is 10.8 Å². The normalized spacial score (nSPS) is 22.5. The van der Waals surface area contributed by atoms with Gasteiger partial charge in [0.2, 0.25) is 0 Å². The molecule has 2 N–H and O–H groups in total. The molecule has 1 aliphatic heterocycles. The summed E-state index contributed by atoms with van der Waals surface area (Å²) in [5, 5.41) is 0. The topological polar surface area (TPSA) is 64.8 Å². The lowest BCUT2D eigenvalue weighted by atomic mass is 9.91. The second-order valence-corrected chi connectivity index (χ2v) is 10.2.